The number of hydrogen-bond acceptors (Lipinski definition) is 7. The van der Waals surface area contributed by atoms with Gasteiger partial charge in [-0.15, -0.1) is 0 Å². The highest BCUT2D eigenvalue weighted by molar-refractivity contribution is 7.88. The van der Waals surface area contributed by atoms with Crippen molar-refractivity contribution in [2.45, 2.75) is 11.5 Å². The number of rotatable bonds is 4. The Morgan fingerprint density at radius 3 is 2.31 bits per heavy atom. The standard InChI is InChI=1S/C15H11F3O7S/c1-22-14(23-2)10-7-8-5-3-4-6-9(8)12(11(10)13(19)24-14)25-26(20,21)15(16,17)18/h3-7H,1-2H3. The molecule has 1 aliphatic rings. The van der Waals surface area contributed by atoms with Crippen molar-refractivity contribution < 1.29 is 44.8 Å². The molecular weight excluding hydrogens is 381 g/mol. The van der Waals surface area contributed by atoms with Crippen LogP contribution in [0.4, 0.5) is 13.2 Å². The molecule has 0 aromatic heterocycles. The number of hydrogen-bond donors (Lipinski definition) is 0. The zero-order valence-electron chi connectivity index (χ0n) is 13.3. The van der Waals surface area contributed by atoms with Crippen LogP contribution < -0.4 is 4.18 Å². The Balaban J connectivity index is 2.36. The van der Waals surface area contributed by atoms with Crippen LogP contribution in [-0.4, -0.2) is 34.1 Å². The molecule has 1 aliphatic heterocycles. The Morgan fingerprint density at radius 1 is 1.12 bits per heavy atom. The van der Waals surface area contributed by atoms with Crippen molar-refractivity contribution in [3.05, 3.63) is 41.5 Å². The first kappa shape index (κ1) is 18.4. The van der Waals surface area contributed by atoms with Crippen LogP contribution in [0, 0.1) is 0 Å². The van der Waals surface area contributed by atoms with Gasteiger partial charge in [0.25, 0.3) is 0 Å². The number of cyclic esters (lactones) is 1. The Hall–Kier alpha value is -2.37. The quantitative estimate of drug-likeness (QED) is 0.342. The lowest BCUT2D eigenvalue weighted by atomic mass is 9.99. The third kappa shape index (κ3) is 2.59. The van der Waals surface area contributed by atoms with Gasteiger partial charge in [0.1, 0.15) is 5.56 Å². The zero-order chi connectivity index (χ0) is 19.3. The number of benzene rings is 2. The first-order chi connectivity index (χ1) is 12.1. The molecule has 2 aromatic carbocycles. The Labute approximate surface area is 145 Å². The van der Waals surface area contributed by atoms with Gasteiger partial charge in [0.05, 0.1) is 5.56 Å². The van der Waals surface area contributed by atoms with Crippen LogP contribution in [0.5, 0.6) is 5.75 Å². The second-order valence-corrected chi connectivity index (χ2v) is 6.72. The van der Waals surface area contributed by atoms with E-state index in [0.29, 0.717) is 0 Å². The van der Waals surface area contributed by atoms with Crippen LogP contribution in [-0.2, 0) is 30.3 Å². The van der Waals surface area contributed by atoms with E-state index in [9.17, 15) is 26.4 Å². The maximum atomic E-state index is 12.8. The minimum Gasteiger partial charge on any atom is -0.400 e. The minimum absolute atomic E-state index is 0.0287. The SMILES string of the molecule is COC1(OC)OC(=O)c2c1cc1ccccc1c2OS(=O)(=O)C(F)(F)F. The molecule has 0 bridgehead atoms. The minimum atomic E-state index is -6.03. The van der Waals surface area contributed by atoms with Gasteiger partial charge >= 0.3 is 27.6 Å². The summed E-state index contributed by atoms with van der Waals surface area (Å²) in [5.41, 5.74) is -6.32. The number of fused-ring (bicyclic) bond motifs is 2. The fourth-order valence-corrected chi connectivity index (χ4v) is 3.10. The van der Waals surface area contributed by atoms with E-state index in [4.69, 9.17) is 14.2 Å². The lowest BCUT2D eigenvalue weighted by molar-refractivity contribution is -0.340. The highest BCUT2D eigenvalue weighted by Gasteiger charge is 2.53. The Kier molecular flexibility index (Phi) is 4.13. The molecule has 2 aromatic rings. The summed E-state index contributed by atoms with van der Waals surface area (Å²) in [5.74, 6) is -3.99. The van der Waals surface area contributed by atoms with E-state index < -0.39 is 38.9 Å². The summed E-state index contributed by atoms with van der Waals surface area (Å²) in [6.45, 7) is 0. The molecule has 7 nitrogen and oxygen atoms in total. The van der Waals surface area contributed by atoms with Gasteiger partial charge in [-0.3, -0.25) is 0 Å². The van der Waals surface area contributed by atoms with E-state index in [1.807, 2.05) is 0 Å². The molecule has 0 radical (unpaired) electrons. The van der Waals surface area contributed by atoms with E-state index in [1.54, 1.807) is 6.07 Å². The predicted molar refractivity (Wildman–Crippen MR) is 80.7 cm³/mol. The first-order valence-electron chi connectivity index (χ1n) is 6.97. The highest BCUT2D eigenvalue weighted by atomic mass is 32.2. The summed E-state index contributed by atoms with van der Waals surface area (Å²) in [6, 6.07) is 7.19. The molecule has 0 fully saturated rings. The molecule has 26 heavy (non-hydrogen) atoms. The number of halogens is 3. The molecule has 0 saturated carbocycles. The van der Waals surface area contributed by atoms with Crippen molar-refractivity contribution in [2.75, 3.05) is 14.2 Å². The van der Waals surface area contributed by atoms with Gasteiger partial charge in [0, 0.05) is 19.6 Å². The number of carbonyl (C=O) groups is 1. The first-order valence-corrected chi connectivity index (χ1v) is 8.38. The lowest BCUT2D eigenvalue weighted by Crippen LogP contribution is -2.30. The molecule has 1 heterocycles. The van der Waals surface area contributed by atoms with Crippen LogP contribution in [0.2, 0.25) is 0 Å². The van der Waals surface area contributed by atoms with E-state index in [0.717, 1.165) is 14.2 Å². The van der Waals surface area contributed by atoms with Crippen molar-refractivity contribution in [2.24, 2.45) is 0 Å². The molecule has 0 aliphatic carbocycles. The molecule has 11 heteroatoms. The summed E-state index contributed by atoms with van der Waals surface area (Å²) in [6.07, 6.45) is 0. The molecule has 3 rings (SSSR count). The second-order valence-electron chi connectivity index (χ2n) is 5.19. The fraction of sp³-hybridized carbons (Fsp3) is 0.267. The summed E-state index contributed by atoms with van der Waals surface area (Å²) in [5, 5.41) is 0.259. The number of methoxy groups -OCH3 is 2. The van der Waals surface area contributed by atoms with Crippen molar-refractivity contribution in [1.82, 2.24) is 0 Å². The van der Waals surface area contributed by atoms with Crippen LogP contribution in [0.15, 0.2) is 30.3 Å². The predicted octanol–water partition coefficient (Wildman–Crippen LogP) is 2.64. The summed E-state index contributed by atoms with van der Waals surface area (Å²) < 4.78 is 80.8. The number of carbonyl (C=O) groups excluding carboxylic acids is 1. The van der Waals surface area contributed by atoms with Gasteiger partial charge in [-0.05, 0) is 11.5 Å². The number of alkyl halides is 3. The van der Waals surface area contributed by atoms with E-state index in [2.05, 4.69) is 4.18 Å². The number of esters is 1. The maximum absolute atomic E-state index is 12.8. The molecule has 0 amide bonds. The third-order valence-corrected chi connectivity index (χ3v) is 4.73. The van der Waals surface area contributed by atoms with Gasteiger partial charge in [-0.2, -0.15) is 21.6 Å². The molecule has 0 spiro atoms. The van der Waals surface area contributed by atoms with Crippen molar-refractivity contribution in [1.29, 1.82) is 0 Å². The van der Waals surface area contributed by atoms with Gasteiger partial charge in [-0.1, -0.05) is 24.3 Å². The molecule has 140 valence electrons. The van der Waals surface area contributed by atoms with Crippen LogP contribution >= 0.6 is 0 Å². The van der Waals surface area contributed by atoms with Gasteiger partial charge in [0.15, 0.2) is 5.75 Å². The van der Waals surface area contributed by atoms with Crippen LogP contribution in [0.1, 0.15) is 15.9 Å². The number of ether oxygens (including phenoxy) is 3. The van der Waals surface area contributed by atoms with Crippen molar-refractivity contribution >= 4 is 26.9 Å². The topological polar surface area (TPSA) is 88.1 Å². The van der Waals surface area contributed by atoms with Gasteiger partial charge in [-0.25, -0.2) is 4.79 Å². The lowest BCUT2D eigenvalue weighted by Gasteiger charge is -2.24. The average molecular weight is 392 g/mol. The highest BCUT2D eigenvalue weighted by Crippen LogP contribution is 2.46. The van der Waals surface area contributed by atoms with Crippen LogP contribution in [0.25, 0.3) is 10.8 Å². The maximum Gasteiger partial charge on any atom is 0.534 e. The molecule has 0 saturated heterocycles. The third-order valence-electron chi connectivity index (χ3n) is 3.78. The molecule has 0 N–H and O–H groups in total. The van der Waals surface area contributed by atoms with Crippen molar-refractivity contribution in [3.8, 4) is 5.75 Å². The summed E-state index contributed by atoms with van der Waals surface area (Å²) in [7, 11) is -3.73. The van der Waals surface area contributed by atoms with Crippen LogP contribution in [0.3, 0.4) is 0 Å². The van der Waals surface area contributed by atoms with E-state index in [1.165, 1.54) is 24.3 Å². The summed E-state index contributed by atoms with van der Waals surface area (Å²) >= 11 is 0. The largest absolute Gasteiger partial charge is 0.534 e. The zero-order valence-corrected chi connectivity index (χ0v) is 14.1. The monoisotopic (exact) mass is 392 g/mol. The average Bonchev–Trinajstić information content (AvgIpc) is 2.86. The second kappa shape index (κ2) is 5.83. The molecule has 0 atom stereocenters. The molecule has 0 unspecified atom stereocenters. The van der Waals surface area contributed by atoms with Gasteiger partial charge < -0.3 is 18.4 Å². The Morgan fingerprint density at radius 2 is 1.73 bits per heavy atom. The summed E-state index contributed by atoms with van der Waals surface area (Å²) in [4.78, 5) is 12.3. The van der Waals surface area contributed by atoms with Gasteiger partial charge in [0.2, 0.25) is 0 Å². The Bertz CT molecular complexity index is 994. The van der Waals surface area contributed by atoms with E-state index >= 15 is 0 Å². The smallest absolute Gasteiger partial charge is 0.400 e. The molecular formula is C15H11F3O7S. The van der Waals surface area contributed by atoms with E-state index in [-0.39, 0.29) is 16.3 Å². The van der Waals surface area contributed by atoms with Crippen molar-refractivity contribution in [3.63, 3.8) is 0 Å². The normalized spacial score (nSPS) is 16.4. The fourth-order valence-electron chi connectivity index (χ4n) is 2.62.